The fourth-order valence-corrected chi connectivity index (χ4v) is 8.67. The van der Waals surface area contributed by atoms with Crippen LogP contribution in [0.5, 0.6) is 0 Å². The SMILES string of the molecule is C=CCN(Cn1nnc2ccccc21)C(=O)C1N([C@@H](CO)Cc2ccccc2)C(=O)[C@@H]2[C@H](C(=O)N(CC=C)Cc3ccccc3)[C@]3(C)CCC12O3. The molecule has 3 fully saturated rings. The van der Waals surface area contributed by atoms with E-state index in [2.05, 4.69) is 23.5 Å². The first-order valence-corrected chi connectivity index (χ1v) is 17.5. The van der Waals surface area contributed by atoms with E-state index in [0.29, 0.717) is 31.3 Å². The van der Waals surface area contributed by atoms with Gasteiger partial charge in [0.25, 0.3) is 0 Å². The molecule has 0 radical (unpaired) electrons. The monoisotopic (exact) mass is 688 g/mol. The van der Waals surface area contributed by atoms with Crippen molar-refractivity contribution in [3.8, 4) is 0 Å². The molecule has 1 N–H and O–H groups in total. The van der Waals surface area contributed by atoms with E-state index in [4.69, 9.17) is 4.74 Å². The highest BCUT2D eigenvalue weighted by Crippen LogP contribution is 2.64. The molecule has 4 aromatic rings. The second-order valence-electron chi connectivity index (χ2n) is 14.1. The third-order valence-corrected chi connectivity index (χ3v) is 10.9. The second-order valence-corrected chi connectivity index (χ2v) is 14.1. The zero-order chi connectivity index (χ0) is 35.8. The Hall–Kier alpha value is -5.13. The molecule has 3 aliphatic heterocycles. The molecule has 3 aliphatic rings. The normalized spacial score (nSPS) is 25.5. The van der Waals surface area contributed by atoms with Crippen LogP contribution >= 0.6 is 0 Å². The van der Waals surface area contributed by atoms with Crippen LogP contribution in [-0.2, 0) is 38.8 Å². The van der Waals surface area contributed by atoms with Crippen LogP contribution in [0.4, 0.5) is 0 Å². The minimum absolute atomic E-state index is 0.0525. The van der Waals surface area contributed by atoms with Crippen LogP contribution in [0, 0.1) is 11.8 Å². The van der Waals surface area contributed by atoms with E-state index in [0.717, 1.165) is 16.6 Å². The number of carbonyl (C=O) groups excluding carboxylic acids is 3. The Morgan fingerprint density at radius 2 is 1.59 bits per heavy atom. The molecule has 7 rings (SSSR count). The van der Waals surface area contributed by atoms with Gasteiger partial charge in [0.15, 0.2) is 0 Å². The zero-order valence-corrected chi connectivity index (χ0v) is 28.9. The molecule has 0 aliphatic carbocycles. The summed E-state index contributed by atoms with van der Waals surface area (Å²) in [5.74, 6) is -2.70. The predicted octanol–water partition coefficient (Wildman–Crippen LogP) is 3.99. The van der Waals surface area contributed by atoms with Crippen LogP contribution in [0.2, 0.25) is 0 Å². The van der Waals surface area contributed by atoms with Crippen molar-refractivity contribution >= 4 is 28.8 Å². The lowest BCUT2D eigenvalue weighted by atomic mass is 9.66. The van der Waals surface area contributed by atoms with Crippen molar-refractivity contribution in [3.05, 3.63) is 121 Å². The largest absolute Gasteiger partial charge is 0.394 e. The van der Waals surface area contributed by atoms with Gasteiger partial charge in [0, 0.05) is 19.6 Å². The first-order valence-electron chi connectivity index (χ1n) is 17.5. The number of rotatable bonds is 14. The molecule has 1 aromatic heterocycles. The van der Waals surface area contributed by atoms with Gasteiger partial charge in [0.2, 0.25) is 17.7 Å². The standard InChI is InChI=1S/C40H44N6O5/c1-4-22-43(25-29-16-10-7-11-17-29)36(48)33-34-37(49)46(30(26-47)24-28-14-8-6-9-15-28)35(40(34)21-20-39(33,3)51-40)38(50)44(23-5-2)27-45-32-19-13-12-18-31(32)41-42-45/h4-19,30,33-35,47H,1-2,20-27H2,3H3/t30-,33-,34+,35?,39+,40?/m1/s1. The molecule has 4 heterocycles. The number of para-hydroxylation sites is 1. The molecule has 3 amide bonds. The van der Waals surface area contributed by atoms with Gasteiger partial charge in [-0.05, 0) is 49.4 Å². The number of likely N-dealkylation sites (tertiary alicyclic amines) is 1. The summed E-state index contributed by atoms with van der Waals surface area (Å²) in [6, 6.07) is 24.9. The molecule has 3 saturated heterocycles. The van der Waals surface area contributed by atoms with Crippen molar-refractivity contribution in [2.45, 2.75) is 62.7 Å². The van der Waals surface area contributed by atoms with Crippen LogP contribution in [0.15, 0.2) is 110 Å². The fourth-order valence-electron chi connectivity index (χ4n) is 8.67. The maximum absolute atomic E-state index is 15.2. The van der Waals surface area contributed by atoms with Crippen molar-refractivity contribution in [2.24, 2.45) is 11.8 Å². The summed E-state index contributed by atoms with van der Waals surface area (Å²) in [7, 11) is 0. The summed E-state index contributed by atoms with van der Waals surface area (Å²) in [6.07, 6.45) is 4.55. The fraction of sp³-hybridized carbons (Fsp3) is 0.375. The molecule has 11 heteroatoms. The third kappa shape index (κ3) is 5.94. The summed E-state index contributed by atoms with van der Waals surface area (Å²) >= 11 is 0. The highest BCUT2D eigenvalue weighted by molar-refractivity contribution is 5.99. The number of amides is 3. The molecule has 264 valence electrons. The molecule has 2 unspecified atom stereocenters. The average molecular weight is 689 g/mol. The number of nitrogens with zero attached hydrogens (tertiary/aromatic N) is 6. The lowest BCUT2D eigenvalue weighted by Crippen LogP contribution is -2.59. The molecule has 1 spiro atoms. The number of hydrogen-bond acceptors (Lipinski definition) is 7. The van der Waals surface area contributed by atoms with Crippen molar-refractivity contribution in [3.63, 3.8) is 0 Å². The van der Waals surface area contributed by atoms with Crippen LogP contribution in [0.25, 0.3) is 11.0 Å². The summed E-state index contributed by atoms with van der Waals surface area (Å²) < 4.78 is 8.62. The van der Waals surface area contributed by atoms with Crippen LogP contribution in [0.3, 0.4) is 0 Å². The Morgan fingerprint density at radius 3 is 2.27 bits per heavy atom. The van der Waals surface area contributed by atoms with Gasteiger partial charge in [0.05, 0.1) is 35.6 Å². The molecule has 2 bridgehead atoms. The number of aliphatic hydroxyl groups is 1. The van der Waals surface area contributed by atoms with Gasteiger partial charge in [0.1, 0.15) is 23.8 Å². The second kappa shape index (κ2) is 13.9. The molecular formula is C40H44N6O5. The summed E-state index contributed by atoms with van der Waals surface area (Å²) in [5.41, 5.74) is 1.04. The van der Waals surface area contributed by atoms with Crippen LogP contribution in [0.1, 0.15) is 30.9 Å². The van der Waals surface area contributed by atoms with E-state index >= 15 is 9.59 Å². The van der Waals surface area contributed by atoms with Crippen molar-refractivity contribution in [1.29, 1.82) is 0 Å². The Kier molecular flexibility index (Phi) is 9.34. The topological polar surface area (TPSA) is 121 Å². The quantitative estimate of drug-likeness (QED) is 0.199. The van der Waals surface area contributed by atoms with Gasteiger partial charge < -0.3 is 24.5 Å². The molecule has 0 saturated carbocycles. The lowest BCUT2D eigenvalue weighted by Gasteiger charge is -2.39. The van der Waals surface area contributed by atoms with E-state index < -0.39 is 35.1 Å². The van der Waals surface area contributed by atoms with Gasteiger partial charge in [-0.15, -0.1) is 18.3 Å². The Labute approximate surface area is 297 Å². The van der Waals surface area contributed by atoms with Crippen LogP contribution in [-0.4, -0.2) is 95.5 Å². The van der Waals surface area contributed by atoms with E-state index in [9.17, 15) is 9.90 Å². The van der Waals surface area contributed by atoms with Gasteiger partial charge in [-0.3, -0.25) is 14.4 Å². The number of hydrogen-bond donors (Lipinski definition) is 1. The number of benzene rings is 3. The average Bonchev–Trinajstić information content (AvgIpc) is 3.86. The van der Waals surface area contributed by atoms with E-state index in [-0.39, 0.29) is 44.1 Å². The minimum Gasteiger partial charge on any atom is -0.394 e. The van der Waals surface area contributed by atoms with Crippen molar-refractivity contribution < 1.29 is 24.2 Å². The lowest BCUT2D eigenvalue weighted by molar-refractivity contribution is -0.157. The number of aromatic nitrogens is 3. The first-order chi connectivity index (χ1) is 24.7. The Balaban J connectivity index is 1.30. The minimum atomic E-state index is -1.29. The van der Waals surface area contributed by atoms with Gasteiger partial charge >= 0.3 is 0 Å². The van der Waals surface area contributed by atoms with Crippen molar-refractivity contribution in [1.82, 2.24) is 29.7 Å². The van der Waals surface area contributed by atoms with Crippen LogP contribution < -0.4 is 0 Å². The smallest absolute Gasteiger partial charge is 0.250 e. The van der Waals surface area contributed by atoms with E-state index in [1.165, 1.54) is 4.90 Å². The maximum atomic E-state index is 15.2. The highest BCUT2D eigenvalue weighted by Gasteiger charge is 2.78. The molecular weight excluding hydrogens is 644 g/mol. The molecule has 6 atom stereocenters. The maximum Gasteiger partial charge on any atom is 0.250 e. The zero-order valence-electron chi connectivity index (χ0n) is 28.9. The number of carbonyl (C=O) groups is 3. The molecule has 3 aromatic carbocycles. The summed E-state index contributed by atoms with van der Waals surface area (Å²) in [6.45, 7) is 10.2. The Morgan fingerprint density at radius 1 is 0.941 bits per heavy atom. The molecule has 51 heavy (non-hydrogen) atoms. The molecule has 11 nitrogen and oxygen atoms in total. The summed E-state index contributed by atoms with van der Waals surface area (Å²) in [4.78, 5) is 49.8. The summed E-state index contributed by atoms with van der Waals surface area (Å²) in [5, 5.41) is 19.5. The third-order valence-electron chi connectivity index (χ3n) is 10.9. The number of fused-ring (bicyclic) bond motifs is 2. The number of aliphatic hydroxyl groups excluding tert-OH is 1. The van der Waals surface area contributed by atoms with E-state index in [1.54, 1.807) is 26.6 Å². The highest BCUT2D eigenvalue weighted by atomic mass is 16.5. The van der Waals surface area contributed by atoms with E-state index in [1.807, 2.05) is 91.9 Å². The van der Waals surface area contributed by atoms with Gasteiger partial charge in [-0.25, -0.2) is 4.68 Å². The Bertz CT molecular complexity index is 1930. The first kappa shape index (κ1) is 34.3. The van der Waals surface area contributed by atoms with Crippen molar-refractivity contribution in [2.75, 3.05) is 19.7 Å². The van der Waals surface area contributed by atoms with Gasteiger partial charge in [-0.1, -0.05) is 90.2 Å². The van der Waals surface area contributed by atoms with Gasteiger partial charge in [-0.2, -0.15) is 0 Å². The number of ether oxygens (including phenoxy) is 1. The predicted molar refractivity (Wildman–Crippen MR) is 192 cm³/mol.